The molecule has 1 aromatic rings. The van der Waals surface area contributed by atoms with Crippen LogP contribution in [-0.2, 0) is 4.79 Å². The van der Waals surface area contributed by atoms with E-state index in [-0.39, 0.29) is 5.91 Å². The lowest BCUT2D eigenvalue weighted by atomic mass is 10.1. The molecule has 4 nitrogen and oxygen atoms in total. The molecular weight excluding hydrogens is 226 g/mol. The van der Waals surface area contributed by atoms with E-state index >= 15 is 0 Å². The van der Waals surface area contributed by atoms with Crippen LogP contribution in [0.4, 0.5) is 11.4 Å². The zero-order chi connectivity index (χ0) is 13.7. The van der Waals surface area contributed by atoms with Gasteiger partial charge in [-0.3, -0.25) is 4.79 Å². The first-order valence-corrected chi connectivity index (χ1v) is 6.24. The summed E-state index contributed by atoms with van der Waals surface area (Å²) >= 11 is 0. The van der Waals surface area contributed by atoms with Crippen LogP contribution in [0, 0.1) is 12.8 Å². The largest absolute Gasteiger partial charge is 0.398 e. The minimum Gasteiger partial charge on any atom is -0.398 e. The van der Waals surface area contributed by atoms with Crippen LogP contribution in [0.1, 0.15) is 19.4 Å². The van der Waals surface area contributed by atoms with Gasteiger partial charge in [-0.25, -0.2) is 0 Å². The van der Waals surface area contributed by atoms with E-state index in [0.717, 1.165) is 16.9 Å². The quantitative estimate of drug-likeness (QED) is 0.782. The zero-order valence-corrected chi connectivity index (χ0v) is 11.7. The van der Waals surface area contributed by atoms with Gasteiger partial charge in [0.1, 0.15) is 0 Å². The summed E-state index contributed by atoms with van der Waals surface area (Å²) in [5.41, 5.74) is 8.62. The van der Waals surface area contributed by atoms with Crippen LogP contribution in [0.3, 0.4) is 0 Å². The molecule has 4 heteroatoms. The molecule has 1 amide bonds. The highest BCUT2D eigenvalue weighted by Crippen LogP contribution is 2.23. The Morgan fingerprint density at radius 3 is 2.72 bits per heavy atom. The third-order valence-electron chi connectivity index (χ3n) is 2.85. The number of nitrogen functional groups attached to an aromatic ring is 1. The Morgan fingerprint density at radius 2 is 2.11 bits per heavy atom. The standard InChI is InChI=1S/C14H23N3O/c1-10(2)8-16-14(18)9-17(4)13-7-5-6-12(15)11(13)3/h5-7,10H,8-9,15H2,1-4H3,(H,16,18). The van der Waals surface area contributed by atoms with Gasteiger partial charge in [0.05, 0.1) is 6.54 Å². The molecule has 0 saturated heterocycles. The molecule has 3 N–H and O–H groups in total. The van der Waals surface area contributed by atoms with Gasteiger partial charge in [-0.15, -0.1) is 0 Å². The van der Waals surface area contributed by atoms with Crippen molar-refractivity contribution in [1.29, 1.82) is 0 Å². The number of nitrogens with one attached hydrogen (secondary N) is 1. The molecule has 0 aliphatic heterocycles. The maximum atomic E-state index is 11.7. The van der Waals surface area contributed by atoms with Crippen molar-refractivity contribution in [3.63, 3.8) is 0 Å². The molecule has 0 aliphatic carbocycles. The number of rotatable bonds is 5. The molecular formula is C14H23N3O. The van der Waals surface area contributed by atoms with Gasteiger partial charge in [0.2, 0.25) is 5.91 Å². The van der Waals surface area contributed by atoms with Gasteiger partial charge in [-0.2, -0.15) is 0 Å². The van der Waals surface area contributed by atoms with Crippen molar-refractivity contribution in [2.45, 2.75) is 20.8 Å². The fourth-order valence-electron chi connectivity index (χ4n) is 1.73. The summed E-state index contributed by atoms with van der Waals surface area (Å²) in [7, 11) is 1.90. The van der Waals surface area contributed by atoms with Gasteiger partial charge < -0.3 is 16.0 Å². The maximum absolute atomic E-state index is 11.7. The Hall–Kier alpha value is -1.71. The number of carbonyl (C=O) groups is 1. The molecule has 18 heavy (non-hydrogen) atoms. The van der Waals surface area contributed by atoms with Crippen LogP contribution in [0.5, 0.6) is 0 Å². The number of nitrogens with zero attached hydrogens (tertiary/aromatic N) is 1. The summed E-state index contributed by atoms with van der Waals surface area (Å²) in [4.78, 5) is 13.7. The molecule has 0 bridgehead atoms. The van der Waals surface area contributed by atoms with E-state index in [9.17, 15) is 4.79 Å². The number of anilines is 2. The molecule has 1 aromatic carbocycles. The topological polar surface area (TPSA) is 58.4 Å². The summed E-state index contributed by atoms with van der Waals surface area (Å²) < 4.78 is 0. The lowest BCUT2D eigenvalue weighted by molar-refractivity contribution is -0.119. The van der Waals surface area contributed by atoms with Gasteiger partial charge in [0, 0.05) is 25.0 Å². The van der Waals surface area contributed by atoms with Gasteiger partial charge in [0.25, 0.3) is 0 Å². The molecule has 100 valence electrons. The molecule has 0 atom stereocenters. The Labute approximate surface area is 109 Å². The molecule has 0 heterocycles. The second kappa shape index (κ2) is 6.28. The summed E-state index contributed by atoms with van der Waals surface area (Å²) in [6.45, 7) is 7.17. The van der Waals surface area contributed by atoms with Crippen molar-refractivity contribution >= 4 is 17.3 Å². The van der Waals surface area contributed by atoms with E-state index in [1.165, 1.54) is 0 Å². The average Bonchev–Trinajstić information content (AvgIpc) is 2.30. The predicted molar refractivity (Wildman–Crippen MR) is 76.7 cm³/mol. The van der Waals surface area contributed by atoms with Crippen LogP contribution in [0.25, 0.3) is 0 Å². The van der Waals surface area contributed by atoms with Crippen LogP contribution in [0.2, 0.25) is 0 Å². The van der Waals surface area contributed by atoms with E-state index in [0.29, 0.717) is 19.0 Å². The van der Waals surface area contributed by atoms with E-state index in [1.807, 2.05) is 37.1 Å². The highest BCUT2D eigenvalue weighted by atomic mass is 16.2. The first-order chi connectivity index (χ1) is 8.41. The molecule has 0 saturated carbocycles. The molecule has 0 aliphatic rings. The second-order valence-corrected chi connectivity index (χ2v) is 5.05. The SMILES string of the molecule is Cc1c(N)cccc1N(C)CC(=O)NCC(C)C. The Kier molecular flexibility index (Phi) is 5.01. The fraction of sp³-hybridized carbons (Fsp3) is 0.500. The van der Waals surface area contributed by atoms with E-state index in [4.69, 9.17) is 5.73 Å². The van der Waals surface area contributed by atoms with E-state index in [1.54, 1.807) is 0 Å². The summed E-state index contributed by atoms with van der Waals surface area (Å²) in [6.07, 6.45) is 0. The summed E-state index contributed by atoms with van der Waals surface area (Å²) in [6, 6.07) is 5.74. The third-order valence-corrected chi connectivity index (χ3v) is 2.85. The zero-order valence-electron chi connectivity index (χ0n) is 11.7. The van der Waals surface area contributed by atoms with Gasteiger partial charge in [0.15, 0.2) is 0 Å². The van der Waals surface area contributed by atoms with Crippen molar-refractivity contribution < 1.29 is 4.79 Å². The van der Waals surface area contributed by atoms with Crippen molar-refractivity contribution in [1.82, 2.24) is 5.32 Å². The van der Waals surface area contributed by atoms with Gasteiger partial charge in [-0.05, 0) is 30.5 Å². The first-order valence-electron chi connectivity index (χ1n) is 6.24. The molecule has 0 unspecified atom stereocenters. The molecule has 1 rings (SSSR count). The fourth-order valence-corrected chi connectivity index (χ4v) is 1.73. The number of hydrogen-bond donors (Lipinski definition) is 2. The molecule has 0 spiro atoms. The molecule has 0 fully saturated rings. The minimum atomic E-state index is 0.0352. The molecule has 0 aromatic heterocycles. The number of likely N-dealkylation sites (N-methyl/N-ethyl adjacent to an activating group) is 1. The average molecular weight is 249 g/mol. The van der Waals surface area contributed by atoms with Crippen LogP contribution in [0.15, 0.2) is 18.2 Å². The van der Waals surface area contributed by atoms with Crippen molar-refractivity contribution in [3.8, 4) is 0 Å². The molecule has 0 radical (unpaired) electrons. The number of nitrogens with two attached hydrogens (primary N) is 1. The second-order valence-electron chi connectivity index (χ2n) is 5.05. The Morgan fingerprint density at radius 1 is 1.44 bits per heavy atom. The number of benzene rings is 1. The van der Waals surface area contributed by atoms with Crippen LogP contribution >= 0.6 is 0 Å². The lowest BCUT2D eigenvalue weighted by Gasteiger charge is -2.22. The number of amides is 1. The number of hydrogen-bond acceptors (Lipinski definition) is 3. The summed E-state index contributed by atoms with van der Waals surface area (Å²) in [5, 5.41) is 2.90. The van der Waals surface area contributed by atoms with Crippen molar-refractivity contribution in [2.24, 2.45) is 5.92 Å². The minimum absolute atomic E-state index is 0.0352. The monoisotopic (exact) mass is 249 g/mol. The highest BCUT2D eigenvalue weighted by Gasteiger charge is 2.10. The third kappa shape index (κ3) is 3.95. The van der Waals surface area contributed by atoms with Gasteiger partial charge in [-0.1, -0.05) is 19.9 Å². The number of carbonyl (C=O) groups excluding carboxylic acids is 1. The predicted octanol–water partition coefficient (Wildman–Crippen LogP) is 1.79. The Balaban J connectivity index is 2.62. The normalized spacial score (nSPS) is 10.5. The maximum Gasteiger partial charge on any atom is 0.239 e. The summed E-state index contributed by atoms with van der Waals surface area (Å²) in [5.74, 6) is 0.501. The van der Waals surface area contributed by atoms with E-state index < -0.39 is 0 Å². The highest BCUT2D eigenvalue weighted by molar-refractivity contribution is 5.82. The first kappa shape index (κ1) is 14.4. The van der Waals surface area contributed by atoms with Gasteiger partial charge >= 0.3 is 0 Å². The van der Waals surface area contributed by atoms with Crippen molar-refractivity contribution in [2.75, 3.05) is 30.8 Å². The van der Waals surface area contributed by atoms with Crippen LogP contribution < -0.4 is 16.0 Å². The Bertz CT molecular complexity index is 416. The lowest BCUT2D eigenvalue weighted by Crippen LogP contribution is -2.37. The van der Waals surface area contributed by atoms with Crippen LogP contribution in [-0.4, -0.2) is 26.0 Å². The van der Waals surface area contributed by atoms with E-state index in [2.05, 4.69) is 19.2 Å². The van der Waals surface area contributed by atoms with Crippen molar-refractivity contribution in [3.05, 3.63) is 23.8 Å². The smallest absolute Gasteiger partial charge is 0.239 e.